The van der Waals surface area contributed by atoms with Gasteiger partial charge in [-0.15, -0.1) is 0 Å². The van der Waals surface area contributed by atoms with Gasteiger partial charge in [-0.1, -0.05) is 26.0 Å². The van der Waals surface area contributed by atoms with E-state index in [9.17, 15) is 0 Å². The number of aliphatic hydroxyl groups excluding tert-OH is 1. The summed E-state index contributed by atoms with van der Waals surface area (Å²) in [7, 11) is 0. The Hall–Kier alpha value is -2.40. The van der Waals surface area contributed by atoms with Gasteiger partial charge in [0.05, 0.1) is 0 Å². The minimum Gasteiger partial charge on any atom is -0.448 e. The van der Waals surface area contributed by atoms with E-state index in [-0.39, 0.29) is 12.5 Å². The van der Waals surface area contributed by atoms with Gasteiger partial charge in [0.1, 0.15) is 12.0 Å². The predicted octanol–water partition coefficient (Wildman–Crippen LogP) is 3.19. The van der Waals surface area contributed by atoms with Crippen molar-refractivity contribution >= 4 is 0 Å². The van der Waals surface area contributed by atoms with Crippen LogP contribution in [0.1, 0.15) is 31.2 Å². The van der Waals surface area contributed by atoms with Crippen LogP contribution in [0, 0.1) is 0 Å². The zero-order valence-corrected chi connectivity index (χ0v) is 12.7. The molecule has 0 radical (unpaired) electrons. The minimum atomic E-state index is 0.159. The summed E-state index contributed by atoms with van der Waals surface area (Å²) in [5, 5.41) is 8.98. The zero-order valence-electron chi connectivity index (χ0n) is 12.7. The topological polar surface area (TPSA) is 64.1 Å². The molecule has 0 aliphatic rings. The second-order valence-electron chi connectivity index (χ2n) is 5.49. The first-order valence-electron chi connectivity index (χ1n) is 7.38. The molecule has 2 heterocycles. The molecule has 3 rings (SSSR count). The first kappa shape index (κ1) is 14.5. The largest absolute Gasteiger partial charge is 0.448 e. The lowest BCUT2D eigenvalue weighted by Crippen LogP contribution is -1.98. The lowest BCUT2D eigenvalue weighted by molar-refractivity contribution is 0.299. The number of benzene rings is 1. The predicted molar refractivity (Wildman–Crippen MR) is 83.9 cm³/mol. The van der Waals surface area contributed by atoms with E-state index >= 15 is 0 Å². The summed E-state index contributed by atoms with van der Waals surface area (Å²) < 4.78 is 7.48. The van der Waals surface area contributed by atoms with Crippen LogP contribution in [-0.4, -0.2) is 26.2 Å². The van der Waals surface area contributed by atoms with Crippen molar-refractivity contribution in [2.75, 3.05) is 6.61 Å². The van der Waals surface area contributed by atoms with Gasteiger partial charge in [-0.05, 0) is 24.1 Å². The number of aromatic nitrogens is 3. The van der Waals surface area contributed by atoms with Crippen molar-refractivity contribution in [2.45, 2.75) is 26.2 Å². The molecule has 5 heteroatoms. The molecular formula is C17H19N3O2. The fourth-order valence-electron chi connectivity index (χ4n) is 2.31. The van der Waals surface area contributed by atoms with Gasteiger partial charge in [0.2, 0.25) is 0 Å². The molecule has 1 N–H and O–H groups in total. The van der Waals surface area contributed by atoms with Crippen LogP contribution in [0.25, 0.3) is 17.2 Å². The van der Waals surface area contributed by atoms with Crippen LogP contribution >= 0.6 is 0 Å². The summed E-state index contributed by atoms with van der Waals surface area (Å²) in [4.78, 5) is 8.90. The summed E-state index contributed by atoms with van der Waals surface area (Å²) >= 11 is 0. The Bertz CT molecular complexity index is 741. The van der Waals surface area contributed by atoms with Gasteiger partial charge in [0, 0.05) is 30.6 Å². The molecular weight excluding hydrogens is 278 g/mol. The van der Waals surface area contributed by atoms with Crippen molar-refractivity contribution in [3.8, 4) is 17.2 Å². The standard InChI is InChI=1S/C17H19N3O2/c1-12(2)17-19-15(11-22-17)16-18-8-9-20(16)14-5-3-13(4-6-14)7-10-21/h3-6,8-9,11-12,21H,7,10H2,1-2H3. The SMILES string of the molecule is CC(C)c1nc(-c2nccn2-c2ccc(CCO)cc2)co1. The highest BCUT2D eigenvalue weighted by atomic mass is 16.3. The summed E-state index contributed by atoms with van der Waals surface area (Å²) in [5.41, 5.74) is 2.84. The summed E-state index contributed by atoms with van der Waals surface area (Å²) in [6.45, 7) is 4.25. The molecule has 0 saturated carbocycles. The number of oxazole rings is 1. The average Bonchev–Trinajstić information content (AvgIpc) is 3.17. The van der Waals surface area contributed by atoms with Gasteiger partial charge in [0.25, 0.3) is 0 Å². The number of aliphatic hydroxyl groups is 1. The highest BCUT2D eigenvalue weighted by Gasteiger charge is 2.14. The zero-order chi connectivity index (χ0) is 15.5. The maximum absolute atomic E-state index is 8.98. The van der Waals surface area contributed by atoms with Crippen LogP contribution in [0.5, 0.6) is 0 Å². The molecule has 0 amide bonds. The summed E-state index contributed by atoms with van der Waals surface area (Å²) in [5.74, 6) is 1.71. The molecule has 0 fully saturated rings. The molecule has 0 aliphatic heterocycles. The Kier molecular flexibility index (Phi) is 4.06. The second-order valence-corrected chi connectivity index (χ2v) is 5.49. The number of nitrogens with zero attached hydrogens (tertiary/aromatic N) is 3. The molecule has 0 atom stereocenters. The molecule has 0 aliphatic carbocycles. The third-order valence-electron chi connectivity index (χ3n) is 3.50. The van der Waals surface area contributed by atoms with Gasteiger partial charge >= 0.3 is 0 Å². The van der Waals surface area contributed by atoms with Crippen LogP contribution in [0.2, 0.25) is 0 Å². The van der Waals surface area contributed by atoms with Crippen LogP contribution < -0.4 is 0 Å². The van der Waals surface area contributed by atoms with Crippen molar-refractivity contribution in [1.29, 1.82) is 0 Å². The Morgan fingerprint density at radius 1 is 1.23 bits per heavy atom. The molecule has 0 bridgehead atoms. The number of hydrogen-bond acceptors (Lipinski definition) is 4. The first-order valence-corrected chi connectivity index (χ1v) is 7.38. The molecule has 0 saturated heterocycles. The Morgan fingerprint density at radius 3 is 2.64 bits per heavy atom. The molecule has 2 aromatic heterocycles. The minimum absolute atomic E-state index is 0.159. The second kappa shape index (κ2) is 6.15. The fourth-order valence-corrected chi connectivity index (χ4v) is 2.31. The van der Waals surface area contributed by atoms with Gasteiger partial charge in [0.15, 0.2) is 11.7 Å². The summed E-state index contributed by atoms with van der Waals surface area (Å²) in [6.07, 6.45) is 5.97. The number of rotatable bonds is 5. The molecule has 114 valence electrons. The smallest absolute Gasteiger partial charge is 0.197 e. The third-order valence-corrected chi connectivity index (χ3v) is 3.50. The Labute approximate surface area is 129 Å². The van der Waals surface area contributed by atoms with Gasteiger partial charge < -0.3 is 9.52 Å². The molecule has 1 aromatic carbocycles. The van der Waals surface area contributed by atoms with Gasteiger partial charge in [-0.2, -0.15) is 0 Å². The van der Waals surface area contributed by atoms with Gasteiger partial charge in [-0.25, -0.2) is 9.97 Å². The molecule has 3 aromatic rings. The van der Waals surface area contributed by atoms with E-state index in [1.165, 1.54) is 0 Å². The van der Waals surface area contributed by atoms with E-state index in [2.05, 4.69) is 9.97 Å². The summed E-state index contributed by atoms with van der Waals surface area (Å²) in [6, 6.07) is 8.05. The normalized spacial score (nSPS) is 11.3. The molecule has 0 spiro atoms. The van der Waals surface area contributed by atoms with Crippen molar-refractivity contribution in [3.05, 3.63) is 54.4 Å². The number of imidazole rings is 1. The maximum atomic E-state index is 8.98. The van der Waals surface area contributed by atoms with E-state index in [0.29, 0.717) is 12.3 Å². The fraction of sp³-hybridized carbons (Fsp3) is 0.294. The Balaban J connectivity index is 1.94. The van der Waals surface area contributed by atoms with E-state index in [1.54, 1.807) is 12.5 Å². The van der Waals surface area contributed by atoms with Crippen molar-refractivity contribution in [2.24, 2.45) is 0 Å². The van der Waals surface area contributed by atoms with Crippen LogP contribution in [0.3, 0.4) is 0 Å². The molecule has 5 nitrogen and oxygen atoms in total. The lowest BCUT2D eigenvalue weighted by atomic mass is 10.1. The van der Waals surface area contributed by atoms with Crippen molar-refractivity contribution in [3.63, 3.8) is 0 Å². The van der Waals surface area contributed by atoms with E-state index in [4.69, 9.17) is 9.52 Å². The highest BCUT2D eigenvalue weighted by Crippen LogP contribution is 2.23. The lowest BCUT2D eigenvalue weighted by Gasteiger charge is -2.07. The first-order chi connectivity index (χ1) is 10.7. The van der Waals surface area contributed by atoms with Crippen LogP contribution in [0.4, 0.5) is 0 Å². The van der Waals surface area contributed by atoms with E-state index in [0.717, 1.165) is 22.8 Å². The average molecular weight is 297 g/mol. The highest BCUT2D eigenvalue weighted by molar-refractivity contribution is 5.53. The third kappa shape index (κ3) is 2.80. The molecule has 0 unspecified atom stereocenters. The van der Waals surface area contributed by atoms with Crippen molar-refractivity contribution in [1.82, 2.24) is 14.5 Å². The molecule has 22 heavy (non-hydrogen) atoms. The van der Waals surface area contributed by atoms with Gasteiger partial charge in [-0.3, -0.25) is 4.57 Å². The number of hydrogen-bond donors (Lipinski definition) is 1. The quantitative estimate of drug-likeness (QED) is 0.785. The maximum Gasteiger partial charge on any atom is 0.197 e. The Morgan fingerprint density at radius 2 is 2.00 bits per heavy atom. The van der Waals surface area contributed by atoms with E-state index < -0.39 is 0 Å². The van der Waals surface area contributed by atoms with Crippen LogP contribution in [-0.2, 0) is 6.42 Å². The van der Waals surface area contributed by atoms with Crippen molar-refractivity contribution < 1.29 is 9.52 Å². The van der Waals surface area contributed by atoms with E-state index in [1.807, 2.05) is 48.9 Å². The monoisotopic (exact) mass is 297 g/mol. The van der Waals surface area contributed by atoms with Crippen LogP contribution in [0.15, 0.2) is 47.3 Å².